The average molecular weight is 446 g/mol. The van der Waals surface area contributed by atoms with Gasteiger partial charge >= 0.3 is 11.5 Å². The molecule has 1 saturated heterocycles. The van der Waals surface area contributed by atoms with Gasteiger partial charge in [0.2, 0.25) is 12.6 Å². The largest absolute Gasteiger partial charge is 0.387 e. The number of hydrogen-bond donors (Lipinski definition) is 6. The van der Waals surface area contributed by atoms with E-state index in [-0.39, 0.29) is 29.1 Å². The molecule has 32 heavy (non-hydrogen) atoms. The summed E-state index contributed by atoms with van der Waals surface area (Å²) in [6.45, 7) is 2.26. The summed E-state index contributed by atoms with van der Waals surface area (Å²) in [6.07, 6.45) is -2.35. The number of carbonyl (C=O) groups is 1. The number of amides is 1. The van der Waals surface area contributed by atoms with Gasteiger partial charge in [0.25, 0.3) is 18.1 Å². The molecule has 1 radical (unpaired) electrons. The molecule has 2 aromatic rings. The van der Waals surface area contributed by atoms with Crippen LogP contribution >= 0.6 is 0 Å². The second-order valence-electron chi connectivity index (χ2n) is 7.32. The van der Waals surface area contributed by atoms with E-state index in [0.29, 0.717) is 17.8 Å². The molecular weight excluding hydrogens is 422 g/mol. The number of nitrogens with two attached hydrogens (primary N) is 1. The number of rotatable bonds is 6. The van der Waals surface area contributed by atoms with E-state index in [1.54, 1.807) is 29.7 Å². The van der Waals surface area contributed by atoms with Gasteiger partial charge in [-0.3, -0.25) is 15.2 Å². The highest BCUT2D eigenvalue weighted by molar-refractivity contribution is 5.93. The third-order valence-corrected chi connectivity index (χ3v) is 5.31. The molecule has 1 aromatic carbocycles. The van der Waals surface area contributed by atoms with Crippen LogP contribution in [0.1, 0.15) is 12.5 Å². The molecule has 4 rings (SSSR count). The van der Waals surface area contributed by atoms with Crippen molar-refractivity contribution >= 4 is 35.3 Å². The maximum atomic E-state index is 12.1. The Morgan fingerprint density at radius 3 is 2.81 bits per heavy atom. The van der Waals surface area contributed by atoms with Gasteiger partial charge in [-0.25, -0.2) is 4.57 Å². The Kier molecular flexibility index (Phi) is 5.90. The van der Waals surface area contributed by atoms with Crippen molar-refractivity contribution in [1.29, 1.82) is 0 Å². The Morgan fingerprint density at radius 2 is 2.09 bits per heavy atom. The zero-order valence-corrected chi connectivity index (χ0v) is 17.1. The number of hydrogen-bond acceptors (Lipinski definition) is 11. The average Bonchev–Trinajstić information content (AvgIpc) is 3.32. The molecule has 0 unspecified atom stereocenters. The molecule has 1 amide bonds. The lowest BCUT2D eigenvalue weighted by atomic mass is 10.1. The zero-order valence-electron chi connectivity index (χ0n) is 17.1. The number of fused-ring (bicyclic) bond motifs is 1. The Balaban J connectivity index is 1.59. The van der Waals surface area contributed by atoms with E-state index in [1.165, 1.54) is 23.6 Å². The van der Waals surface area contributed by atoms with Crippen molar-refractivity contribution in [3.05, 3.63) is 36.2 Å². The third kappa shape index (κ3) is 3.72. The van der Waals surface area contributed by atoms with Crippen molar-refractivity contribution in [1.82, 2.24) is 15.3 Å². The summed E-state index contributed by atoms with van der Waals surface area (Å²) in [5.41, 5.74) is 7.33. The van der Waals surface area contributed by atoms with Gasteiger partial charge in [-0.2, -0.15) is 4.90 Å². The SMILES string of the molecule is CCNC(=O)[C@H]1O[C@@H](N2C=[N+]c3c2nc[n+](Cc2ccccc2N(O)O)c3N)[C@H](O)[C@@H]1O. The Morgan fingerprint density at radius 1 is 1.34 bits per heavy atom. The molecule has 4 atom stereocenters. The van der Waals surface area contributed by atoms with E-state index < -0.39 is 30.4 Å². The maximum absolute atomic E-state index is 12.1. The number of aromatic nitrogens is 2. The van der Waals surface area contributed by atoms with Gasteiger partial charge in [0.15, 0.2) is 6.10 Å². The molecule has 2 aliphatic rings. The molecule has 1 aromatic heterocycles. The van der Waals surface area contributed by atoms with Gasteiger partial charge in [0.05, 0.1) is 6.54 Å². The molecule has 13 nitrogen and oxygen atoms in total. The minimum absolute atomic E-state index is 0.0298. The molecule has 169 valence electrons. The highest BCUT2D eigenvalue weighted by Crippen LogP contribution is 2.34. The van der Waals surface area contributed by atoms with Crippen molar-refractivity contribution in [3.63, 3.8) is 0 Å². The Labute approximate surface area is 182 Å². The lowest BCUT2D eigenvalue weighted by molar-refractivity contribution is -0.676. The second-order valence-corrected chi connectivity index (χ2v) is 7.32. The summed E-state index contributed by atoms with van der Waals surface area (Å²) in [5, 5.41) is 42.1. The fraction of sp³-hybridized carbons (Fsp3) is 0.368. The van der Waals surface area contributed by atoms with Crippen LogP contribution in [-0.4, -0.2) is 68.9 Å². The topological polar surface area (TPSA) is 183 Å². The predicted molar refractivity (Wildman–Crippen MR) is 110 cm³/mol. The van der Waals surface area contributed by atoms with Gasteiger partial charge in [-0.05, 0) is 18.0 Å². The highest BCUT2D eigenvalue weighted by Gasteiger charge is 2.55. The molecule has 7 N–H and O–H groups in total. The molecule has 2 aliphatic heterocycles. The number of benzene rings is 1. The number of likely N-dealkylation sites (N-methyl/N-ethyl adjacent to an activating group) is 1. The first kappa shape index (κ1) is 21.9. The summed E-state index contributed by atoms with van der Waals surface area (Å²) in [7, 11) is 0. The fourth-order valence-corrected chi connectivity index (χ4v) is 3.70. The van der Waals surface area contributed by atoms with Crippen molar-refractivity contribution in [2.24, 2.45) is 0 Å². The molecule has 0 saturated carbocycles. The normalized spacial score (nSPS) is 24.0. The third-order valence-electron chi connectivity index (χ3n) is 5.31. The van der Waals surface area contributed by atoms with Gasteiger partial charge in [0, 0.05) is 12.1 Å². The number of ether oxygens (including phenoxy) is 1. The second kappa shape index (κ2) is 8.64. The molecule has 0 spiro atoms. The van der Waals surface area contributed by atoms with Crippen LogP contribution in [0.3, 0.4) is 0 Å². The van der Waals surface area contributed by atoms with Crippen LogP contribution in [-0.2, 0) is 16.1 Å². The molecule has 3 heterocycles. The first-order valence-corrected chi connectivity index (χ1v) is 9.89. The number of carbonyl (C=O) groups excluding carboxylic acids is 1. The number of nitrogens with one attached hydrogen (secondary N) is 1. The van der Waals surface area contributed by atoms with E-state index in [4.69, 9.17) is 10.5 Å². The van der Waals surface area contributed by atoms with Crippen molar-refractivity contribution < 1.29 is 34.7 Å². The minimum atomic E-state index is -1.42. The lowest BCUT2D eigenvalue weighted by Gasteiger charge is -2.17. The molecule has 0 bridgehead atoms. The number of aliphatic hydroxyl groups is 2. The van der Waals surface area contributed by atoms with Crippen LogP contribution in [0.5, 0.6) is 0 Å². The number of para-hydroxylation sites is 1. The van der Waals surface area contributed by atoms with Gasteiger partial charge in [-0.15, -0.1) is 5.23 Å². The molecule has 1 fully saturated rings. The van der Waals surface area contributed by atoms with Gasteiger partial charge in [-0.1, -0.05) is 23.2 Å². The maximum Gasteiger partial charge on any atom is 0.355 e. The Bertz CT molecular complexity index is 1050. The highest BCUT2D eigenvalue weighted by atomic mass is 16.8. The number of aliphatic imine (C=N–C) groups is 1. The van der Waals surface area contributed by atoms with Crippen LogP contribution in [0.4, 0.5) is 23.0 Å². The lowest BCUT2D eigenvalue weighted by Crippen LogP contribution is -2.44. The van der Waals surface area contributed by atoms with E-state index in [2.05, 4.69) is 15.3 Å². The number of anilines is 3. The quantitative estimate of drug-likeness (QED) is 0.214. The van der Waals surface area contributed by atoms with Crippen molar-refractivity contribution in [3.8, 4) is 0 Å². The van der Waals surface area contributed by atoms with E-state index in [1.807, 2.05) is 0 Å². The summed E-state index contributed by atoms with van der Waals surface area (Å²) in [4.78, 5) is 22.1. The number of aliphatic hydroxyl groups excluding tert-OH is 2. The summed E-state index contributed by atoms with van der Waals surface area (Å²) in [6, 6.07) is 6.64. The van der Waals surface area contributed by atoms with Crippen LogP contribution < -0.4 is 30.7 Å². The van der Waals surface area contributed by atoms with Crippen molar-refractivity contribution in [2.45, 2.75) is 38.0 Å². The van der Waals surface area contributed by atoms with Crippen molar-refractivity contribution in [2.75, 3.05) is 22.4 Å². The Hall–Kier alpha value is -3.36. The van der Waals surface area contributed by atoms with Gasteiger partial charge < -0.3 is 26.0 Å². The van der Waals surface area contributed by atoms with Crippen LogP contribution in [0.2, 0.25) is 0 Å². The molecular formula is C19H24N7O6+2. The van der Waals surface area contributed by atoms with Crippen LogP contribution in [0.15, 0.2) is 30.6 Å². The van der Waals surface area contributed by atoms with Crippen LogP contribution in [0.25, 0.3) is 0 Å². The number of nitrogens with zero attached hydrogens (tertiary/aromatic N) is 5. The van der Waals surface area contributed by atoms with E-state index in [0.717, 1.165) is 0 Å². The fourth-order valence-electron chi connectivity index (χ4n) is 3.70. The first-order valence-electron chi connectivity index (χ1n) is 9.89. The summed E-state index contributed by atoms with van der Waals surface area (Å²) in [5.74, 6) is -0.0122. The monoisotopic (exact) mass is 446 g/mol. The minimum Gasteiger partial charge on any atom is -0.387 e. The van der Waals surface area contributed by atoms with Gasteiger partial charge in [0.1, 0.15) is 17.9 Å². The first-order chi connectivity index (χ1) is 15.3. The standard InChI is InChI=1S/C19H23N7O6/c1-2-21-18(29)15-13(27)14(28)19(32-15)25-9-22-12-16(20)24(8-23-17(12)25)7-10-5-3-4-6-11(10)26(30)31/h3-6,8-9,13-15,19-20,27-28,30-31H,2,7H2,1H3,(H,21,29)/q+1/p+1/t13-,14+,15-,19+/m0/s1. The summed E-state index contributed by atoms with van der Waals surface area (Å²) >= 11 is 0. The van der Waals surface area contributed by atoms with E-state index in [9.17, 15) is 25.4 Å². The molecule has 13 heteroatoms. The molecule has 0 aliphatic carbocycles. The zero-order chi connectivity index (χ0) is 23.0. The predicted octanol–water partition coefficient (Wildman–Crippen LogP) is -2.02. The summed E-state index contributed by atoms with van der Waals surface area (Å²) < 4.78 is 7.19. The number of nitrogen functional groups attached to an aromatic ring is 1. The van der Waals surface area contributed by atoms with E-state index >= 15 is 0 Å². The van der Waals surface area contributed by atoms with Crippen LogP contribution in [0, 0.1) is 0 Å². The smallest absolute Gasteiger partial charge is 0.355 e.